The van der Waals surface area contributed by atoms with E-state index in [1.54, 1.807) is 7.11 Å². The van der Waals surface area contributed by atoms with E-state index in [-0.39, 0.29) is 24.0 Å². The van der Waals surface area contributed by atoms with Crippen molar-refractivity contribution in [2.45, 2.75) is 19.6 Å². The summed E-state index contributed by atoms with van der Waals surface area (Å²) in [5.41, 5.74) is 2.43. The number of aliphatic imine (C=N–C) groups is 1. The number of nitrogens with zero attached hydrogens (tertiary/aromatic N) is 2. The Morgan fingerprint density at radius 3 is 2.54 bits per heavy atom. The predicted octanol–water partition coefficient (Wildman–Crippen LogP) is 3.93. The summed E-state index contributed by atoms with van der Waals surface area (Å²) in [7, 11) is 3.53. The summed E-state index contributed by atoms with van der Waals surface area (Å²) in [6.07, 6.45) is 1.14. The Morgan fingerprint density at radius 2 is 1.86 bits per heavy atom. The van der Waals surface area contributed by atoms with E-state index in [0.29, 0.717) is 12.5 Å². The van der Waals surface area contributed by atoms with Crippen LogP contribution in [0.4, 0.5) is 0 Å². The van der Waals surface area contributed by atoms with Gasteiger partial charge in [-0.25, -0.2) is 0 Å². The summed E-state index contributed by atoms with van der Waals surface area (Å²) in [6, 6.07) is 18.4. The van der Waals surface area contributed by atoms with Crippen LogP contribution in [-0.2, 0) is 17.9 Å². The second-order valence-corrected chi connectivity index (χ2v) is 6.85. The van der Waals surface area contributed by atoms with Gasteiger partial charge in [-0.15, -0.1) is 24.0 Å². The first-order chi connectivity index (χ1) is 13.3. The van der Waals surface area contributed by atoms with E-state index in [1.165, 1.54) is 11.1 Å². The van der Waals surface area contributed by atoms with E-state index < -0.39 is 0 Å². The lowest BCUT2D eigenvalue weighted by atomic mass is 10.1. The fourth-order valence-electron chi connectivity index (χ4n) is 3.34. The summed E-state index contributed by atoms with van der Waals surface area (Å²) >= 11 is 0. The molecule has 1 fully saturated rings. The highest BCUT2D eigenvalue weighted by Gasteiger charge is 2.24. The van der Waals surface area contributed by atoms with Gasteiger partial charge in [0.2, 0.25) is 0 Å². The number of likely N-dealkylation sites (tertiary alicyclic amines) is 1. The molecule has 1 aliphatic heterocycles. The normalized spacial score (nSPS) is 16.6. The van der Waals surface area contributed by atoms with Crippen LogP contribution in [0.3, 0.4) is 0 Å². The number of halogens is 1. The Balaban J connectivity index is 0.00000280. The van der Waals surface area contributed by atoms with Crippen molar-refractivity contribution in [3.63, 3.8) is 0 Å². The number of nitrogens with one attached hydrogen (secondary N) is 1. The Labute approximate surface area is 185 Å². The van der Waals surface area contributed by atoms with E-state index in [0.717, 1.165) is 44.4 Å². The number of rotatable bonds is 7. The summed E-state index contributed by atoms with van der Waals surface area (Å²) in [4.78, 5) is 6.77. The second kappa shape index (κ2) is 11.9. The molecule has 1 N–H and O–H groups in total. The third-order valence-electron chi connectivity index (χ3n) is 4.87. The SMILES string of the molecule is CN=C(NCc1ccc(OC)cc1)N1CCC(COCc2ccccc2)C1.I. The summed E-state index contributed by atoms with van der Waals surface area (Å²) in [6.45, 7) is 4.23. The van der Waals surface area contributed by atoms with E-state index in [1.807, 2.05) is 25.2 Å². The van der Waals surface area contributed by atoms with Crippen LogP contribution in [0.2, 0.25) is 0 Å². The Hall–Kier alpha value is -1.80. The van der Waals surface area contributed by atoms with Gasteiger partial charge >= 0.3 is 0 Å². The molecule has 0 spiro atoms. The lowest BCUT2D eigenvalue weighted by molar-refractivity contribution is 0.0906. The molecule has 0 bridgehead atoms. The molecule has 1 heterocycles. The number of hydrogen-bond acceptors (Lipinski definition) is 3. The molecule has 0 radical (unpaired) electrons. The first kappa shape index (κ1) is 22.5. The van der Waals surface area contributed by atoms with E-state index in [2.05, 4.69) is 51.6 Å². The van der Waals surface area contributed by atoms with Gasteiger partial charge in [0.05, 0.1) is 20.3 Å². The topological polar surface area (TPSA) is 46.1 Å². The summed E-state index contributed by atoms with van der Waals surface area (Å²) in [5, 5.41) is 3.46. The molecule has 6 heteroatoms. The van der Waals surface area contributed by atoms with Crippen molar-refractivity contribution >= 4 is 29.9 Å². The van der Waals surface area contributed by atoms with Crippen molar-refractivity contribution in [1.82, 2.24) is 10.2 Å². The minimum atomic E-state index is 0. The highest BCUT2D eigenvalue weighted by atomic mass is 127. The van der Waals surface area contributed by atoms with Crippen LogP contribution >= 0.6 is 24.0 Å². The smallest absolute Gasteiger partial charge is 0.193 e. The van der Waals surface area contributed by atoms with Crippen LogP contribution in [0.15, 0.2) is 59.6 Å². The van der Waals surface area contributed by atoms with Crippen LogP contribution in [0.5, 0.6) is 5.75 Å². The molecule has 1 atom stereocenters. The molecule has 1 aliphatic rings. The van der Waals surface area contributed by atoms with Gasteiger partial charge in [-0.05, 0) is 29.7 Å². The van der Waals surface area contributed by atoms with Crippen LogP contribution in [0, 0.1) is 5.92 Å². The molecular weight excluding hydrogens is 465 g/mol. The van der Waals surface area contributed by atoms with Crippen LogP contribution < -0.4 is 10.1 Å². The van der Waals surface area contributed by atoms with Crippen LogP contribution in [0.1, 0.15) is 17.5 Å². The molecule has 0 saturated carbocycles. The molecular formula is C22H30IN3O2. The maximum absolute atomic E-state index is 5.92. The summed E-state index contributed by atoms with van der Waals surface area (Å²) in [5.74, 6) is 2.38. The molecule has 1 saturated heterocycles. The maximum Gasteiger partial charge on any atom is 0.193 e. The number of benzene rings is 2. The zero-order chi connectivity index (χ0) is 18.9. The fourth-order valence-corrected chi connectivity index (χ4v) is 3.34. The molecule has 5 nitrogen and oxygen atoms in total. The van der Waals surface area contributed by atoms with Gasteiger partial charge in [-0.3, -0.25) is 4.99 Å². The fraction of sp³-hybridized carbons (Fsp3) is 0.409. The zero-order valence-electron chi connectivity index (χ0n) is 16.6. The molecule has 0 aliphatic carbocycles. The van der Waals surface area contributed by atoms with Crippen molar-refractivity contribution < 1.29 is 9.47 Å². The van der Waals surface area contributed by atoms with Gasteiger partial charge in [-0.1, -0.05) is 42.5 Å². The van der Waals surface area contributed by atoms with Crippen LogP contribution in [-0.4, -0.2) is 44.7 Å². The van der Waals surface area contributed by atoms with Crippen molar-refractivity contribution in [2.24, 2.45) is 10.9 Å². The highest BCUT2D eigenvalue weighted by Crippen LogP contribution is 2.18. The average Bonchev–Trinajstić information content (AvgIpc) is 3.18. The van der Waals surface area contributed by atoms with Gasteiger partial charge in [0.15, 0.2) is 5.96 Å². The van der Waals surface area contributed by atoms with Gasteiger partial charge in [-0.2, -0.15) is 0 Å². The molecule has 2 aromatic rings. The largest absolute Gasteiger partial charge is 0.497 e. The molecule has 1 unspecified atom stereocenters. The quantitative estimate of drug-likeness (QED) is 0.360. The Kier molecular flexibility index (Phi) is 9.57. The molecule has 0 aromatic heterocycles. The first-order valence-corrected chi connectivity index (χ1v) is 9.48. The minimum absolute atomic E-state index is 0. The Morgan fingerprint density at radius 1 is 1.11 bits per heavy atom. The van der Waals surface area contributed by atoms with E-state index in [4.69, 9.17) is 9.47 Å². The lowest BCUT2D eigenvalue weighted by Crippen LogP contribution is -2.39. The number of guanidine groups is 1. The summed E-state index contributed by atoms with van der Waals surface area (Å²) < 4.78 is 11.1. The monoisotopic (exact) mass is 495 g/mol. The molecule has 3 rings (SSSR count). The zero-order valence-corrected chi connectivity index (χ0v) is 19.0. The molecule has 2 aromatic carbocycles. The van der Waals surface area contributed by atoms with Gasteiger partial charge in [0.25, 0.3) is 0 Å². The second-order valence-electron chi connectivity index (χ2n) is 6.85. The van der Waals surface area contributed by atoms with E-state index >= 15 is 0 Å². The Bertz CT molecular complexity index is 722. The van der Waals surface area contributed by atoms with Crippen molar-refractivity contribution in [2.75, 3.05) is 33.9 Å². The third kappa shape index (κ3) is 6.67. The molecule has 0 amide bonds. The van der Waals surface area contributed by atoms with Crippen molar-refractivity contribution in [1.29, 1.82) is 0 Å². The van der Waals surface area contributed by atoms with Gasteiger partial charge in [0.1, 0.15) is 5.75 Å². The number of ether oxygens (including phenoxy) is 2. The van der Waals surface area contributed by atoms with Crippen LogP contribution in [0.25, 0.3) is 0 Å². The minimum Gasteiger partial charge on any atom is -0.497 e. The lowest BCUT2D eigenvalue weighted by Gasteiger charge is -2.22. The van der Waals surface area contributed by atoms with Gasteiger partial charge in [0, 0.05) is 32.6 Å². The predicted molar refractivity (Wildman–Crippen MR) is 124 cm³/mol. The van der Waals surface area contributed by atoms with Crippen molar-refractivity contribution in [3.05, 3.63) is 65.7 Å². The standard InChI is InChI=1S/C22H29N3O2.HI/c1-23-22(24-14-18-8-10-21(26-2)11-9-18)25-13-12-20(15-25)17-27-16-19-6-4-3-5-7-19;/h3-11,20H,12-17H2,1-2H3,(H,23,24);1H. The third-order valence-corrected chi connectivity index (χ3v) is 4.87. The first-order valence-electron chi connectivity index (χ1n) is 9.48. The molecule has 152 valence electrons. The molecule has 28 heavy (non-hydrogen) atoms. The van der Waals surface area contributed by atoms with Crippen molar-refractivity contribution in [3.8, 4) is 5.75 Å². The highest BCUT2D eigenvalue weighted by molar-refractivity contribution is 14.0. The number of hydrogen-bond donors (Lipinski definition) is 1. The maximum atomic E-state index is 5.92. The average molecular weight is 495 g/mol. The number of methoxy groups -OCH3 is 1. The van der Waals surface area contributed by atoms with E-state index in [9.17, 15) is 0 Å². The van der Waals surface area contributed by atoms with Gasteiger partial charge < -0.3 is 19.7 Å².